The Hall–Kier alpha value is -0.860. The number of carbonyl (C=O) groups excluding carboxylic acids is 1. The van der Waals surface area contributed by atoms with Crippen molar-refractivity contribution in [2.45, 2.75) is 33.7 Å². The van der Waals surface area contributed by atoms with Gasteiger partial charge >= 0.3 is 6.03 Å². The Morgan fingerprint density at radius 3 is 2.18 bits per heavy atom. The Bertz CT molecular complexity index is 443. The Morgan fingerprint density at radius 2 is 1.68 bits per heavy atom. The second kappa shape index (κ2) is 8.69. The molecule has 0 aromatic rings. The SMILES string of the molecule is CC(C)CN1CCN(C(=O)NCCS(=O)(=O)NC(C)C)CC1. The van der Waals surface area contributed by atoms with Gasteiger partial charge in [-0.2, -0.15) is 0 Å². The van der Waals surface area contributed by atoms with E-state index in [1.54, 1.807) is 18.7 Å². The topological polar surface area (TPSA) is 81.8 Å². The fourth-order valence-corrected chi connectivity index (χ4v) is 3.68. The highest BCUT2D eigenvalue weighted by Gasteiger charge is 2.21. The van der Waals surface area contributed by atoms with Crippen molar-refractivity contribution >= 4 is 16.1 Å². The normalized spacial score (nSPS) is 17.3. The van der Waals surface area contributed by atoms with E-state index in [1.807, 2.05) is 0 Å². The molecule has 0 saturated carbocycles. The van der Waals surface area contributed by atoms with Gasteiger partial charge in [0.15, 0.2) is 0 Å². The van der Waals surface area contributed by atoms with Gasteiger partial charge in [0.05, 0.1) is 5.75 Å². The highest BCUT2D eigenvalue weighted by atomic mass is 32.2. The molecule has 7 nitrogen and oxygen atoms in total. The third kappa shape index (κ3) is 7.42. The van der Waals surface area contributed by atoms with Crippen LogP contribution in [0.2, 0.25) is 0 Å². The summed E-state index contributed by atoms with van der Waals surface area (Å²) in [5.41, 5.74) is 0. The summed E-state index contributed by atoms with van der Waals surface area (Å²) in [5.74, 6) is 0.531. The number of piperazine rings is 1. The predicted octanol–water partition coefficient (Wildman–Crippen LogP) is 0.297. The van der Waals surface area contributed by atoms with E-state index in [1.165, 1.54) is 0 Å². The molecule has 0 aromatic carbocycles. The van der Waals surface area contributed by atoms with E-state index in [2.05, 4.69) is 28.8 Å². The minimum atomic E-state index is -3.32. The van der Waals surface area contributed by atoms with Crippen molar-refractivity contribution in [2.24, 2.45) is 5.92 Å². The number of carbonyl (C=O) groups is 1. The zero-order chi connectivity index (χ0) is 16.8. The molecule has 0 atom stereocenters. The lowest BCUT2D eigenvalue weighted by Crippen LogP contribution is -2.52. The van der Waals surface area contributed by atoms with E-state index >= 15 is 0 Å². The van der Waals surface area contributed by atoms with Crippen LogP contribution in [0.3, 0.4) is 0 Å². The average molecular weight is 334 g/mol. The van der Waals surface area contributed by atoms with Crippen LogP contribution in [0.15, 0.2) is 0 Å². The molecule has 2 N–H and O–H groups in total. The smallest absolute Gasteiger partial charge is 0.317 e. The second-order valence-corrected chi connectivity index (χ2v) is 8.38. The highest BCUT2D eigenvalue weighted by molar-refractivity contribution is 7.89. The van der Waals surface area contributed by atoms with Crippen molar-refractivity contribution in [3.63, 3.8) is 0 Å². The lowest BCUT2D eigenvalue weighted by molar-refractivity contribution is 0.131. The number of amides is 2. The molecular formula is C14H30N4O3S. The molecule has 1 aliphatic rings. The largest absolute Gasteiger partial charge is 0.337 e. The molecular weight excluding hydrogens is 304 g/mol. The summed E-state index contributed by atoms with van der Waals surface area (Å²) in [6.45, 7) is 12.2. The first-order chi connectivity index (χ1) is 10.2. The number of nitrogens with zero attached hydrogens (tertiary/aromatic N) is 2. The van der Waals surface area contributed by atoms with E-state index in [0.717, 1.165) is 19.6 Å². The third-order valence-electron chi connectivity index (χ3n) is 3.35. The maximum Gasteiger partial charge on any atom is 0.317 e. The Labute approximate surface area is 134 Å². The van der Waals surface area contributed by atoms with Gasteiger partial charge < -0.3 is 10.2 Å². The summed E-state index contributed by atoms with van der Waals surface area (Å²) in [7, 11) is -3.32. The number of hydrogen-bond donors (Lipinski definition) is 2. The zero-order valence-electron chi connectivity index (χ0n) is 14.1. The van der Waals surface area contributed by atoms with Gasteiger partial charge in [-0.15, -0.1) is 0 Å². The molecule has 1 heterocycles. The maximum absolute atomic E-state index is 12.0. The van der Waals surface area contributed by atoms with Crippen LogP contribution >= 0.6 is 0 Å². The van der Waals surface area contributed by atoms with Crippen molar-refractivity contribution in [1.82, 2.24) is 19.8 Å². The molecule has 0 aromatic heterocycles. The van der Waals surface area contributed by atoms with Gasteiger partial charge in [0.1, 0.15) is 0 Å². The Balaban J connectivity index is 2.27. The summed E-state index contributed by atoms with van der Waals surface area (Å²) in [6, 6.07) is -0.307. The monoisotopic (exact) mass is 334 g/mol. The molecule has 1 fully saturated rings. The van der Waals surface area contributed by atoms with Crippen molar-refractivity contribution in [2.75, 3.05) is 45.0 Å². The molecule has 0 bridgehead atoms. The molecule has 130 valence electrons. The molecule has 2 amide bonds. The first-order valence-electron chi connectivity index (χ1n) is 7.94. The van der Waals surface area contributed by atoms with E-state index in [4.69, 9.17) is 0 Å². The number of sulfonamides is 1. The second-order valence-electron chi connectivity index (χ2n) is 6.50. The fraction of sp³-hybridized carbons (Fsp3) is 0.929. The third-order valence-corrected chi connectivity index (χ3v) is 4.92. The molecule has 0 aliphatic carbocycles. The van der Waals surface area contributed by atoms with Gasteiger partial charge in [0.25, 0.3) is 0 Å². The van der Waals surface area contributed by atoms with Crippen LogP contribution in [-0.4, -0.2) is 75.3 Å². The first kappa shape index (κ1) is 19.2. The van der Waals surface area contributed by atoms with Crippen LogP contribution in [0, 0.1) is 5.92 Å². The average Bonchev–Trinajstić information content (AvgIpc) is 2.36. The predicted molar refractivity (Wildman–Crippen MR) is 88.3 cm³/mol. The molecule has 1 rings (SSSR count). The Kier molecular flexibility index (Phi) is 7.58. The zero-order valence-corrected chi connectivity index (χ0v) is 14.9. The number of urea groups is 1. The quantitative estimate of drug-likeness (QED) is 0.701. The van der Waals surface area contributed by atoms with Crippen LogP contribution in [0.5, 0.6) is 0 Å². The minimum absolute atomic E-state index is 0.0930. The lowest BCUT2D eigenvalue weighted by Gasteiger charge is -2.35. The molecule has 0 spiro atoms. The molecule has 22 heavy (non-hydrogen) atoms. The van der Waals surface area contributed by atoms with Crippen LogP contribution in [0.4, 0.5) is 4.79 Å². The molecule has 8 heteroatoms. The van der Waals surface area contributed by atoms with Crippen molar-refractivity contribution < 1.29 is 13.2 Å². The van der Waals surface area contributed by atoms with Crippen LogP contribution in [0.25, 0.3) is 0 Å². The van der Waals surface area contributed by atoms with E-state index in [9.17, 15) is 13.2 Å². The van der Waals surface area contributed by atoms with Gasteiger partial charge in [-0.1, -0.05) is 13.8 Å². The molecule has 0 unspecified atom stereocenters. The van der Waals surface area contributed by atoms with E-state index in [0.29, 0.717) is 19.0 Å². The lowest BCUT2D eigenvalue weighted by atomic mass is 10.2. The van der Waals surface area contributed by atoms with Crippen molar-refractivity contribution in [1.29, 1.82) is 0 Å². The van der Waals surface area contributed by atoms with Gasteiger partial charge in [0.2, 0.25) is 10.0 Å². The maximum atomic E-state index is 12.0. The fourth-order valence-electron chi connectivity index (χ4n) is 2.47. The van der Waals surface area contributed by atoms with Gasteiger partial charge in [-0.3, -0.25) is 4.90 Å². The van der Waals surface area contributed by atoms with Gasteiger partial charge in [0, 0.05) is 45.3 Å². The van der Waals surface area contributed by atoms with Crippen LogP contribution < -0.4 is 10.0 Å². The van der Waals surface area contributed by atoms with Gasteiger partial charge in [-0.05, 0) is 19.8 Å². The standard InChI is InChI=1S/C14H30N4O3S/c1-12(2)11-17-6-8-18(9-7-17)14(19)15-5-10-22(20,21)16-13(3)4/h12-13,16H,5-11H2,1-4H3,(H,15,19). The first-order valence-corrected chi connectivity index (χ1v) is 9.60. The van der Waals surface area contributed by atoms with Crippen LogP contribution in [-0.2, 0) is 10.0 Å². The van der Waals surface area contributed by atoms with Crippen LogP contribution in [0.1, 0.15) is 27.7 Å². The Morgan fingerprint density at radius 1 is 1.09 bits per heavy atom. The molecule has 1 aliphatic heterocycles. The number of hydrogen-bond acceptors (Lipinski definition) is 4. The summed E-state index contributed by atoms with van der Waals surface area (Å²) in [6.07, 6.45) is 0. The van der Waals surface area contributed by atoms with E-state index < -0.39 is 10.0 Å². The summed E-state index contributed by atoms with van der Waals surface area (Å²) in [4.78, 5) is 16.1. The number of rotatable bonds is 7. The van der Waals surface area contributed by atoms with Crippen molar-refractivity contribution in [3.05, 3.63) is 0 Å². The van der Waals surface area contributed by atoms with E-state index in [-0.39, 0.29) is 24.4 Å². The number of nitrogens with one attached hydrogen (secondary N) is 2. The summed E-state index contributed by atoms with van der Waals surface area (Å²) in [5, 5.41) is 2.69. The summed E-state index contributed by atoms with van der Waals surface area (Å²) < 4.78 is 25.8. The van der Waals surface area contributed by atoms with Gasteiger partial charge in [-0.25, -0.2) is 17.9 Å². The minimum Gasteiger partial charge on any atom is -0.337 e. The summed E-state index contributed by atoms with van der Waals surface area (Å²) >= 11 is 0. The highest BCUT2D eigenvalue weighted by Crippen LogP contribution is 2.05. The van der Waals surface area contributed by atoms with Crippen molar-refractivity contribution in [3.8, 4) is 0 Å². The molecule has 0 radical (unpaired) electrons. The molecule has 1 saturated heterocycles.